The molecule has 0 aromatic heterocycles. The van der Waals surface area contributed by atoms with Crippen LogP contribution < -0.4 is 0 Å². The largest absolute Gasteiger partial charge is 0.534 e. The number of hydrogen-bond donors (Lipinski definition) is 0. The molecular formula is C17H25F3O7S. The normalized spacial score (nSPS) is 25.9. The van der Waals surface area contributed by atoms with E-state index in [1.165, 1.54) is 13.8 Å². The van der Waals surface area contributed by atoms with Gasteiger partial charge in [0.1, 0.15) is 11.4 Å². The zero-order valence-corrected chi connectivity index (χ0v) is 17.3. The average Bonchev–Trinajstić information content (AvgIpc) is 2.87. The molecule has 0 amide bonds. The number of allylic oxidation sites excluding steroid dienone is 1. The Kier molecular flexibility index (Phi) is 5.88. The molecule has 28 heavy (non-hydrogen) atoms. The molecule has 1 unspecified atom stereocenters. The van der Waals surface area contributed by atoms with Crippen molar-refractivity contribution in [2.45, 2.75) is 70.8 Å². The van der Waals surface area contributed by atoms with Crippen LogP contribution in [0.2, 0.25) is 0 Å². The number of rotatable bonds is 4. The molecule has 0 saturated carbocycles. The van der Waals surface area contributed by atoms with Crippen molar-refractivity contribution < 1.29 is 44.8 Å². The Balaban J connectivity index is 2.43. The number of carbonyl (C=O) groups is 1. The number of hydrogen-bond acceptors (Lipinski definition) is 7. The molecular weight excluding hydrogens is 405 g/mol. The van der Waals surface area contributed by atoms with E-state index in [9.17, 15) is 26.4 Å². The van der Waals surface area contributed by atoms with Crippen LogP contribution in [0.3, 0.4) is 0 Å². The highest BCUT2D eigenvalue weighted by atomic mass is 32.2. The molecule has 162 valence electrons. The summed E-state index contributed by atoms with van der Waals surface area (Å²) in [6.07, 6.45) is -0.433. The lowest BCUT2D eigenvalue weighted by Gasteiger charge is -2.43. The van der Waals surface area contributed by atoms with Crippen LogP contribution in [0.4, 0.5) is 13.2 Å². The van der Waals surface area contributed by atoms with Crippen molar-refractivity contribution in [1.29, 1.82) is 0 Å². The molecule has 2 rings (SSSR count). The molecule has 0 radical (unpaired) electrons. The summed E-state index contributed by atoms with van der Waals surface area (Å²) < 4.78 is 82.9. The minimum atomic E-state index is -5.90. The van der Waals surface area contributed by atoms with Crippen molar-refractivity contribution in [3.63, 3.8) is 0 Å². The van der Waals surface area contributed by atoms with Gasteiger partial charge in [0.05, 0.1) is 19.6 Å². The van der Waals surface area contributed by atoms with E-state index >= 15 is 0 Å². The molecule has 0 bridgehead atoms. The zero-order valence-electron chi connectivity index (χ0n) is 16.4. The van der Waals surface area contributed by atoms with Gasteiger partial charge in [-0.1, -0.05) is 6.92 Å². The van der Waals surface area contributed by atoms with Gasteiger partial charge in [0.15, 0.2) is 5.79 Å². The highest BCUT2D eigenvalue weighted by Crippen LogP contribution is 2.52. The second kappa shape index (κ2) is 7.17. The number of esters is 1. The van der Waals surface area contributed by atoms with E-state index in [1.54, 1.807) is 20.8 Å². The van der Waals surface area contributed by atoms with Crippen LogP contribution in [0.1, 0.15) is 53.9 Å². The predicted molar refractivity (Wildman–Crippen MR) is 91.2 cm³/mol. The summed E-state index contributed by atoms with van der Waals surface area (Å²) in [6, 6.07) is 0. The molecule has 1 aliphatic heterocycles. The second-order valence-electron chi connectivity index (χ2n) is 8.38. The van der Waals surface area contributed by atoms with E-state index in [0.717, 1.165) is 0 Å². The van der Waals surface area contributed by atoms with E-state index in [-0.39, 0.29) is 31.6 Å². The predicted octanol–water partition coefficient (Wildman–Crippen LogP) is 3.40. The van der Waals surface area contributed by atoms with Gasteiger partial charge >= 0.3 is 21.6 Å². The lowest BCUT2D eigenvalue weighted by atomic mass is 9.71. The summed E-state index contributed by atoms with van der Waals surface area (Å²) in [5.41, 5.74) is -7.65. The molecule has 1 saturated heterocycles. The first-order chi connectivity index (χ1) is 12.5. The lowest BCUT2D eigenvalue weighted by Crippen LogP contribution is -2.45. The van der Waals surface area contributed by atoms with Crippen LogP contribution >= 0.6 is 0 Å². The van der Waals surface area contributed by atoms with Gasteiger partial charge in [0, 0.05) is 18.3 Å². The third-order valence-electron chi connectivity index (χ3n) is 4.37. The Bertz CT molecular complexity index is 759. The third-order valence-corrected chi connectivity index (χ3v) is 5.33. The van der Waals surface area contributed by atoms with Gasteiger partial charge in [-0.25, -0.2) is 0 Å². The third kappa shape index (κ3) is 4.98. The van der Waals surface area contributed by atoms with Gasteiger partial charge in [-0.15, -0.1) is 0 Å². The van der Waals surface area contributed by atoms with Crippen LogP contribution in [0, 0.1) is 5.41 Å². The Morgan fingerprint density at radius 3 is 2.18 bits per heavy atom. The number of halogens is 3. The van der Waals surface area contributed by atoms with E-state index in [1.807, 2.05) is 0 Å². The van der Waals surface area contributed by atoms with Crippen molar-refractivity contribution in [2.24, 2.45) is 5.41 Å². The maximum Gasteiger partial charge on any atom is 0.534 e. The molecule has 1 aliphatic carbocycles. The monoisotopic (exact) mass is 430 g/mol. The average molecular weight is 430 g/mol. The standard InChI is InChI=1S/C17H25F3O7S/c1-11-8-16(24-6-7-25-16)10-15(5,9-12(21)26-14(2,3)4)13(11)27-28(22,23)17(18,19)20/h6-10H2,1-5H3. The Morgan fingerprint density at radius 2 is 1.71 bits per heavy atom. The van der Waals surface area contributed by atoms with Crippen molar-refractivity contribution in [3.05, 3.63) is 11.3 Å². The van der Waals surface area contributed by atoms with Crippen molar-refractivity contribution in [3.8, 4) is 0 Å². The smallest absolute Gasteiger partial charge is 0.460 e. The van der Waals surface area contributed by atoms with Crippen molar-refractivity contribution >= 4 is 16.1 Å². The number of alkyl halides is 3. The van der Waals surface area contributed by atoms with Gasteiger partial charge in [-0.3, -0.25) is 4.79 Å². The van der Waals surface area contributed by atoms with E-state index < -0.39 is 50.6 Å². The van der Waals surface area contributed by atoms with Gasteiger partial charge in [0.25, 0.3) is 0 Å². The fraction of sp³-hybridized carbons (Fsp3) is 0.824. The van der Waals surface area contributed by atoms with Gasteiger partial charge in [-0.05, 0) is 33.3 Å². The summed E-state index contributed by atoms with van der Waals surface area (Å²) in [6.45, 7) is 8.37. The first-order valence-corrected chi connectivity index (χ1v) is 10.1. The maximum atomic E-state index is 12.9. The zero-order chi connectivity index (χ0) is 21.6. The van der Waals surface area contributed by atoms with E-state index in [0.29, 0.717) is 0 Å². The van der Waals surface area contributed by atoms with E-state index in [2.05, 4.69) is 4.18 Å². The number of ether oxygens (including phenoxy) is 3. The van der Waals surface area contributed by atoms with Crippen LogP contribution in [0.15, 0.2) is 11.3 Å². The van der Waals surface area contributed by atoms with Crippen LogP contribution in [-0.4, -0.2) is 44.5 Å². The quantitative estimate of drug-likeness (QED) is 0.384. The summed E-state index contributed by atoms with van der Waals surface area (Å²) in [4.78, 5) is 12.4. The SMILES string of the molecule is CC1=C(OS(=O)(=O)C(F)(F)F)C(C)(CC(=O)OC(C)(C)C)CC2(C1)OCCO2. The Hall–Kier alpha value is -1.33. The second-order valence-corrected chi connectivity index (χ2v) is 9.92. The van der Waals surface area contributed by atoms with Gasteiger partial charge in [-0.2, -0.15) is 21.6 Å². The van der Waals surface area contributed by atoms with Crippen LogP contribution in [-0.2, 0) is 33.3 Å². The molecule has 1 heterocycles. The molecule has 2 aliphatic rings. The highest BCUT2D eigenvalue weighted by molar-refractivity contribution is 7.87. The molecule has 0 aromatic rings. The molecule has 1 atom stereocenters. The first kappa shape index (κ1) is 23.0. The van der Waals surface area contributed by atoms with Gasteiger partial charge < -0.3 is 18.4 Å². The molecule has 0 aromatic carbocycles. The summed E-state index contributed by atoms with van der Waals surface area (Å²) in [5.74, 6) is -2.28. The minimum Gasteiger partial charge on any atom is -0.460 e. The Labute approximate surface area is 162 Å². The van der Waals surface area contributed by atoms with E-state index in [4.69, 9.17) is 14.2 Å². The lowest BCUT2D eigenvalue weighted by molar-refractivity contribution is -0.188. The van der Waals surface area contributed by atoms with Crippen LogP contribution in [0.5, 0.6) is 0 Å². The topological polar surface area (TPSA) is 88.1 Å². The highest BCUT2D eigenvalue weighted by Gasteiger charge is 2.56. The minimum absolute atomic E-state index is 0.0274. The maximum absolute atomic E-state index is 12.9. The summed E-state index contributed by atoms with van der Waals surface area (Å²) >= 11 is 0. The summed E-state index contributed by atoms with van der Waals surface area (Å²) in [5, 5.41) is 0. The number of carbonyl (C=O) groups excluding carboxylic acids is 1. The van der Waals surface area contributed by atoms with Crippen molar-refractivity contribution in [1.82, 2.24) is 0 Å². The Morgan fingerprint density at radius 1 is 1.18 bits per heavy atom. The molecule has 1 spiro atoms. The fourth-order valence-electron chi connectivity index (χ4n) is 3.61. The van der Waals surface area contributed by atoms with Gasteiger partial charge in [0.2, 0.25) is 0 Å². The fourth-order valence-corrected chi connectivity index (χ4v) is 4.26. The molecule has 1 fully saturated rings. The first-order valence-electron chi connectivity index (χ1n) is 8.69. The molecule has 7 nitrogen and oxygen atoms in total. The molecule has 11 heteroatoms. The van der Waals surface area contributed by atoms with Crippen molar-refractivity contribution in [2.75, 3.05) is 13.2 Å². The van der Waals surface area contributed by atoms with Crippen LogP contribution in [0.25, 0.3) is 0 Å². The molecule has 0 N–H and O–H groups in total. The summed E-state index contributed by atoms with van der Waals surface area (Å²) in [7, 11) is -5.90.